The summed E-state index contributed by atoms with van der Waals surface area (Å²) in [5.74, 6) is 0. The molecule has 1 rings (SSSR count). The van der Waals surface area contributed by atoms with E-state index in [-0.39, 0.29) is 24.6 Å². The normalized spacial score (nSPS) is 11.5. The summed E-state index contributed by atoms with van der Waals surface area (Å²) in [6.07, 6.45) is -3.47. The minimum atomic E-state index is -4.13. The van der Waals surface area contributed by atoms with Crippen LogP contribution in [0.2, 0.25) is 0 Å². The number of hydrogen-bond acceptors (Lipinski definition) is 3. The van der Waals surface area contributed by atoms with E-state index in [0.717, 1.165) is 5.56 Å². The molecule has 3 nitrogen and oxygen atoms in total. The molecular weight excluding hydrogens is 265 g/mol. The van der Waals surface area contributed by atoms with Gasteiger partial charge in [0.05, 0.1) is 12.3 Å². The zero-order valence-corrected chi connectivity index (χ0v) is 10.4. The summed E-state index contributed by atoms with van der Waals surface area (Å²) in [7, 11) is 0. The van der Waals surface area contributed by atoms with E-state index in [1.807, 2.05) is 0 Å². The second-order valence-electron chi connectivity index (χ2n) is 3.68. The van der Waals surface area contributed by atoms with Gasteiger partial charge in [-0.15, -0.1) is 0 Å². The highest BCUT2D eigenvalue weighted by Gasteiger charge is 2.25. The zero-order chi connectivity index (χ0) is 13.6. The van der Waals surface area contributed by atoms with E-state index in [1.165, 1.54) is 6.20 Å². The summed E-state index contributed by atoms with van der Waals surface area (Å²) < 4.78 is 40.7. The molecule has 1 aromatic rings. The summed E-state index contributed by atoms with van der Waals surface area (Å²) in [4.78, 5) is 4.12. The van der Waals surface area contributed by atoms with E-state index in [1.54, 1.807) is 12.1 Å². The van der Waals surface area contributed by atoms with Gasteiger partial charge in [0.15, 0.2) is 0 Å². The number of halogens is 3. The van der Waals surface area contributed by atoms with Crippen LogP contribution in [0.25, 0.3) is 0 Å². The van der Waals surface area contributed by atoms with E-state index in [4.69, 9.17) is 22.7 Å². The Kier molecular flexibility index (Phi) is 5.49. The molecule has 0 aliphatic carbocycles. The van der Waals surface area contributed by atoms with Crippen LogP contribution in [0.3, 0.4) is 0 Å². The van der Waals surface area contributed by atoms with Crippen LogP contribution in [0.15, 0.2) is 18.3 Å². The number of ether oxygens (including phenoxy) is 1. The average Bonchev–Trinajstić information content (AvgIpc) is 2.27. The third kappa shape index (κ3) is 5.92. The molecule has 7 heteroatoms. The Morgan fingerprint density at radius 3 is 2.78 bits per heavy atom. The molecule has 1 heterocycles. The number of pyridine rings is 1. The Hall–Kier alpha value is -1.21. The third-order valence-corrected chi connectivity index (χ3v) is 2.30. The topological polar surface area (TPSA) is 48.1 Å². The van der Waals surface area contributed by atoms with Crippen molar-refractivity contribution in [3.63, 3.8) is 0 Å². The fourth-order valence-electron chi connectivity index (χ4n) is 1.26. The zero-order valence-electron chi connectivity index (χ0n) is 9.54. The molecule has 2 N–H and O–H groups in total. The Morgan fingerprint density at radius 2 is 2.17 bits per heavy atom. The van der Waals surface area contributed by atoms with Crippen molar-refractivity contribution in [1.82, 2.24) is 4.98 Å². The highest BCUT2D eigenvalue weighted by molar-refractivity contribution is 7.80. The van der Waals surface area contributed by atoms with Gasteiger partial charge in [-0.3, -0.25) is 4.98 Å². The van der Waals surface area contributed by atoms with Gasteiger partial charge < -0.3 is 10.5 Å². The van der Waals surface area contributed by atoms with Crippen LogP contribution >= 0.6 is 12.2 Å². The number of hydrogen-bond donors (Lipinski definition) is 1. The van der Waals surface area contributed by atoms with Gasteiger partial charge in [-0.25, -0.2) is 0 Å². The molecule has 0 saturated heterocycles. The van der Waals surface area contributed by atoms with Crippen LogP contribution in [0.1, 0.15) is 24.1 Å². The first kappa shape index (κ1) is 14.8. The lowest BCUT2D eigenvalue weighted by molar-refractivity contribution is -0.138. The first-order valence-electron chi connectivity index (χ1n) is 5.28. The first-order valence-corrected chi connectivity index (χ1v) is 5.68. The van der Waals surface area contributed by atoms with E-state index >= 15 is 0 Å². The van der Waals surface area contributed by atoms with Crippen molar-refractivity contribution in [2.24, 2.45) is 5.73 Å². The van der Waals surface area contributed by atoms with Crippen LogP contribution in [0, 0.1) is 0 Å². The van der Waals surface area contributed by atoms with Crippen molar-refractivity contribution in [2.45, 2.75) is 25.6 Å². The molecular formula is C11H13F3N2OS. The van der Waals surface area contributed by atoms with Gasteiger partial charge >= 0.3 is 6.18 Å². The van der Waals surface area contributed by atoms with Crippen LogP contribution in [-0.4, -0.2) is 22.8 Å². The van der Waals surface area contributed by atoms with Crippen molar-refractivity contribution in [2.75, 3.05) is 6.61 Å². The predicted molar refractivity (Wildman–Crippen MR) is 65.1 cm³/mol. The highest BCUT2D eigenvalue weighted by atomic mass is 32.1. The lowest BCUT2D eigenvalue weighted by Gasteiger charge is -2.07. The summed E-state index contributed by atoms with van der Waals surface area (Å²) >= 11 is 4.77. The summed E-state index contributed by atoms with van der Waals surface area (Å²) in [6.45, 7) is 0.278. The molecule has 0 amide bonds. The van der Waals surface area contributed by atoms with Crippen molar-refractivity contribution in [3.8, 4) is 0 Å². The molecule has 0 aliphatic heterocycles. The molecule has 18 heavy (non-hydrogen) atoms. The molecule has 0 aliphatic rings. The van der Waals surface area contributed by atoms with Crippen molar-refractivity contribution in [3.05, 3.63) is 29.6 Å². The molecule has 0 atom stereocenters. The number of thiocarbonyl (C=S) groups is 1. The maximum atomic E-state index is 11.9. The molecule has 1 aromatic heterocycles. The van der Waals surface area contributed by atoms with Crippen molar-refractivity contribution < 1.29 is 17.9 Å². The smallest absolute Gasteiger partial charge is 0.388 e. The predicted octanol–water partition coefficient (Wildman–Crippen LogP) is 2.57. The SMILES string of the molecule is NC(=S)c1cc(COCCCC(F)(F)F)ccn1. The van der Waals surface area contributed by atoms with Crippen molar-refractivity contribution >= 4 is 17.2 Å². The quantitative estimate of drug-likeness (QED) is 0.642. The maximum absolute atomic E-state index is 11.9. The Morgan fingerprint density at radius 1 is 1.44 bits per heavy atom. The molecule has 0 bridgehead atoms. The van der Waals surface area contributed by atoms with E-state index < -0.39 is 12.6 Å². The number of rotatable bonds is 6. The first-order chi connectivity index (χ1) is 8.38. The summed E-state index contributed by atoms with van der Waals surface area (Å²) in [5.41, 5.74) is 6.66. The molecule has 100 valence electrons. The number of nitrogens with zero attached hydrogens (tertiary/aromatic N) is 1. The van der Waals surface area contributed by atoms with E-state index in [0.29, 0.717) is 5.69 Å². The highest BCUT2D eigenvalue weighted by Crippen LogP contribution is 2.21. The molecule has 0 saturated carbocycles. The molecule has 0 spiro atoms. The Labute approximate surface area is 108 Å². The van der Waals surface area contributed by atoms with Crippen molar-refractivity contribution in [1.29, 1.82) is 0 Å². The van der Waals surface area contributed by atoms with E-state index in [9.17, 15) is 13.2 Å². The lowest BCUT2D eigenvalue weighted by atomic mass is 10.2. The molecule has 0 aromatic carbocycles. The lowest BCUT2D eigenvalue weighted by Crippen LogP contribution is -2.12. The maximum Gasteiger partial charge on any atom is 0.389 e. The summed E-state index contributed by atoms with van der Waals surface area (Å²) in [5, 5.41) is 0. The molecule has 0 fully saturated rings. The Balaban J connectivity index is 2.31. The number of alkyl halides is 3. The van der Waals surface area contributed by atoms with Gasteiger partial charge in [-0.1, -0.05) is 12.2 Å². The second-order valence-corrected chi connectivity index (χ2v) is 4.12. The summed E-state index contributed by atoms with van der Waals surface area (Å²) in [6, 6.07) is 3.36. The van der Waals surface area contributed by atoms with Crippen LogP contribution in [0.4, 0.5) is 13.2 Å². The van der Waals surface area contributed by atoms with Gasteiger partial charge in [0.2, 0.25) is 0 Å². The van der Waals surface area contributed by atoms with Gasteiger partial charge in [-0.2, -0.15) is 13.2 Å². The third-order valence-electron chi connectivity index (χ3n) is 2.09. The largest absolute Gasteiger partial charge is 0.389 e. The van der Waals surface area contributed by atoms with Crippen LogP contribution in [0.5, 0.6) is 0 Å². The molecule has 0 radical (unpaired) electrons. The monoisotopic (exact) mass is 278 g/mol. The number of aromatic nitrogens is 1. The van der Waals surface area contributed by atoms with Gasteiger partial charge in [0, 0.05) is 19.2 Å². The van der Waals surface area contributed by atoms with Crippen LogP contribution in [-0.2, 0) is 11.3 Å². The molecule has 0 unspecified atom stereocenters. The average molecular weight is 278 g/mol. The second kappa shape index (κ2) is 6.65. The van der Waals surface area contributed by atoms with Gasteiger partial charge in [0.1, 0.15) is 4.99 Å². The number of nitrogens with two attached hydrogens (primary N) is 1. The fourth-order valence-corrected chi connectivity index (χ4v) is 1.38. The Bertz CT molecular complexity index is 410. The van der Waals surface area contributed by atoms with E-state index in [2.05, 4.69) is 4.98 Å². The van der Waals surface area contributed by atoms with Gasteiger partial charge in [0.25, 0.3) is 0 Å². The van der Waals surface area contributed by atoms with Gasteiger partial charge in [-0.05, 0) is 24.1 Å². The minimum absolute atomic E-state index is 0.0449. The van der Waals surface area contributed by atoms with Crippen LogP contribution < -0.4 is 5.73 Å². The standard InChI is InChI=1S/C11H13F3N2OS/c12-11(13,14)3-1-5-17-7-8-2-4-16-9(6-8)10(15)18/h2,4,6H,1,3,5,7H2,(H2,15,18). The fraction of sp³-hybridized carbons (Fsp3) is 0.455. The minimum Gasteiger partial charge on any atom is -0.388 e.